The second kappa shape index (κ2) is 5.78. The van der Waals surface area contributed by atoms with Crippen LogP contribution in [0.25, 0.3) is 0 Å². The monoisotopic (exact) mass is 223 g/mol. The summed E-state index contributed by atoms with van der Waals surface area (Å²) in [5.41, 5.74) is 5.50. The number of hydrogen-bond acceptors (Lipinski definition) is 2. The van der Waals surface area contributed by atoms with E-state index >= 15 is 0 Å². The van der Waals surface area contributed by atoms with Crippen LogP contribution in [-0.2, 0) is 0 Å². The molecule has 0 aromatic heterocycles. The molecule has 1 aromatic rings. The van der Waals surface area contributed by atoms with E-state index in [1.165, 1.54) is 19.2 Å². The van der Waals surface area contributed by atoms with Gasteiger partial charge in [0, 0.05) is 11.6 Å². The highest BCUT2D eigenvalue weighted by Gasteiger charge is 2.11. The van der Waals surface area contributed by atoms with Gasteiger partial charge in [0.15, 0.2) is 0 Å². The molecule has 0 spiro atoms. The van der Waals surface area contributed by atoms with Crippen LogP contribution >= 0.6 is 12.4 Å². The summed E-state index contributed by atoms with van der Waals surface area (Å²) in [5, 5.41) is 0. The van der Waals surface area contributed by atoms with Crippen LogP contribution in [0.1, 0.15) is 11.6 Å². The summed E-state index contributed by atoms with van der Waals surface area (Å²) in [5.74, 6) is -0.142. The molecule has 0 radical (unpaired) electrons. The van der Waals surface area contributed by atoms with Gasteiger partial charge in [0.05, 0.1) is 13.2 Å². The lowest BCUT2D eigenvalue weighted by molar-refractivity contribution is 0.405. The number of benzene rings is 1. The van der Waals surface area contributed by atoms with Gasteiger partial charge in [-0.3, -0.25) is 0 Å². The standard InChI is InChI=1S/C9H11F2NO.ClH/c1-13-6-2-3-7(8(11)4-6)9(12)5-10;/h2-4,9H,5,12H2,1H3;1H/t9-;/m0./s1. The van der Waals surface area contributed by atoms with Crippen LogP contribution in [0.3, 0.4) is 0 Å². The first kappa shape index (κ1) is 13.1. The third-order valence-corrected chi connectivity index (χ3v) is 1.77. The van der Waals surface area contributed by atoms with Crippen molar-refractivity contribution in [3.8, 4) is 5.75 Å². The molecule has 2 N–H and O–H groups in total. The fourth-order valence-corrected chi connectivity index (χ4v) is 1.02. The predicted octanol–water partition coefficient (Wildman–Crippen LogP) is 2.23. The lowest BCUT2D eigenvalue weighted by Crippen LogP contribution is -2.13. The number of halogens is 3. The molecular weight excluding hydrogens is 212 g/mol. The molecule has 2 nitrogen and oxygen atoms in total. The predicted molar refractivity (Wildman–Crippen MR) is 53.1 cm³/mol. The molecule has 0 saturated carbocycles. The molecule has 0 aliphatic carbocycles. The minimum Gasteiger partial charge on any atom is -0.497 e. The number of hydrogen-bond donors (Lipinski definition) is 1. The van der Waals surface area contributed by atoms with Crippen LogP contribution < -0.4 is 10.5 Å². The minimum absolute atomic E-state index is 0. The minimum atomic E-state index is -0.897. The summed E-state index contributed by atoms with van der Waals surface area (Å²) in [7, 11) is 1.43. The molecule has 14 heavy (non-hydrogen) atoms. The SMILES string of the molecule is COc1ccc([C@@H](N)CF)c(F)c1.Cl. The first-order chi connectivity index (χ1) is 6.19. The van der Waals surface area contributed by atoms with Gasteiger partial charge in [-0.15, -0.1) is 12.4 Å². The Kier molecular flexibility index (Phi) is 5.42. The Balaban J connectivity index is 0.00000169. The average molecular weight is 224 g/mol. The number of methoxy groups -OCH3 is 1. The van der Waals surface area contributed by atoms with Gasteiger partial charge in [0.2, 0.25) is 0 Å². The molecule has 0 bridgehead atoms. The van der Waals surface area contributed by atoms with E-state index < -0.39 is 18.5 Å². The second-order valence-corrected chi connectivity index (χ2v) is 2.65. The van der Waals surface area contributed by atoms with Crippen molar-refractivity contribution in [2.24, 2.45) is 5.73 Å². The molecule has 0 fully saturated rings. The normalized spacial score (nSPS) is 11.7. The van der Waals surface area contributed by atoms with Gasteiger partial charge < -0.3 is 10.5 Å². The van der Waals surface area contributed by atoms with E-state index in [9.17, 15) is 8.78 Å². The molecule has 1 rings (SSSR count). The van der Waals surface area contributed by atoms with Gasteiger partial charge >= 0.3 is 0 Å². The highest BCUT2D eigenvalue weighted by atomic mass is 35.5. The number of ether oxygens (including phenoxy) is 1. The van der Waals surface area contributed by atoms with E-state index in [-0.39, 0.29) is 18.0 Å². The van der Waals surface area contributed by atoms with Crippen molar-refractivity contribution in [2.45, 2.75) is 6.04 Å². The van der Waals surface area contributed by atoms with Crippen molar-refractivity contribution in [3.63, 3.8) is 0 Å². The highest BCUT2D eigenvalue weighted by Crippen LogP contribution is 2.20. The maximum atomic E-state index is 13.1. The molecule has 0 heterocycles. The number of alkyl halides is 1. The third kappa shape index (κ3) is 2.82. The molecule has 0 saturated heterocycles. The van der Waals surface area contributed by atoms with E-state index in [4.69, 9.17) is 10.5 Å². The van der Waals surface area contributed by atoms with Crippen molar-refractivity contribution in [2.75, 3.05) is 13.8 Å². The molecule has 1 atom stereocenters. The summed E-state index contributed by atoms with van der Waals surface area (Å²) in [4.78, 5) is 0. The zero-order chi connectivity index (χ0) is 9.84. The largest absolute Gasteiger partial charge is 0.497 e. The average Bonchev–Trinajstić information content (AvgIpc) is 2.16. The van der Waals surface area contributed by atoms with Gasteiger partial charge in [0.1, 0.15) is 18.2 Å². The van der Waals surface area contributed by atoms with Crippen molar-refractivity contribution in [3.05, 3.63) is 29.6 Å². The molecule has 0 amide bonds. The Bertz CT molecular complexity index is 296. The van der Waals surface area contributed by atoms with Crippen molar-refractivity contribution >= 4 is 12.4 Å². The van der Waals surface area contributed by atoms with Crippen LogP contribution in [-0.4, -0.2) is 13.8 Å². The molecule has 0 aliphatic rings. The molecule has 0 unspecified atom stereocenters. The van der Waals surface area contributed by atoms with E-state index in [0.29, 0.717) is 5.75 Å². The van der Waals surface area contributed by atoms with Crippen LogP contribution in [0.5, 0.6) is 5.75 Å². The highest BCUT2D eigenvalue weighted by molar-refractivity contribution is 5.85. The number of rotatable bonds is 3. The Hall–Kier alpha value is -0.870. The van der Waals surface area contributed by atoms with Crippen molar-refractivity contribution in [1.82, 2.24) is 0 Å². The molecule has 5 heteroatoms. The van der Waals surface area contributed by atoms with Gasteiger partial charge in [-0.25, -0.2) is 8.78 Å². The van der Waals surface area contributed by atoms with Crippen LogP contribution in [0.2, 0.25) is 0 Å². The zero-order valence-electron chi connectivity index (χ0n) is 7.67. The zero-order valence-corrected chi connectivity index (χ0v) is 8.48. The van der Waals surface area contributed by atoms with Crippen LogP contribution in [0, 0.1) is 5.82 Å². The Labute approximate surface area is 87.5 Å². The summed E-state index contributed by atoms with van der Waals surface area (Å²) in [6, 6.07) is 3.27. The molecule has 80 valence electrons. The molecule has 0 aliphatic heterocycles. The quantitative estimate of drug-likeness (QED) is 0.853. The second-order valence-electron chi connectivity index (χ2n) is 2.65. The number of nitrogens with two attached hydrogens (primary N) is 1. The van der Waals surface area contributed by atoms with Gasteiger partial charge in [-0.1, -0.05) is 6.07 Å². The first-order valence-corrected chi connectivity index (χ1v) is 3.84. The summed E-state index contributed by atoms with van der Waals surface area (Å²) >= 11 is 0. The van der Waals surface area contributed by atoms with Crippen LogP contribution in [0.15, 0.2) is 18.2 Å². The van der Waals surface area contributed by atoms with E-state index in [1.807, 2.05) is 0 Å². The van der Waals surface area contributed by atoms with E-state index in [2.05, 4.69) is 0 Å². The Morgan fingerprint density at radius 2 is 2.14 bits per heavy atom. The Morgan fingerprint density at radius 1 is 1.50 bits per heavy atom. The van der Waals surface area contributed by atoms with E-state index in [1.54, 1.807) is 6.07 Å². The fraction of sp³-hybridized carbons (Fsp3) is 0.333. The smallest absolute Gasteiger partial charge is 0.131 e. The molecule has 1 aromatic carbocycles. The van der Waals surface area contributed by atoms with Gasteiger partial charge in [0.25, 0.3) is 0 Å². The van der Waals surface area contributed by atoms with Crippen molar-refractivity contribution < 1.29 is 13.5 Å². The van der Waals surface area contributed by atoms with Gasteiger partial charge in [-0.05, 0) is 6.07 Å². The Morgan fingerprint density at radius 3 is 2.57 bits per heavy atom. The summed E-state index contributed by atoms with van der Waals surface area (Å²) in [6.45, 7) is -0.775. The topological polar surface area (TPSA) is 35.2 Å². The van der Waals surface area contributed by atoms with Gasteiger partial charge in [-0.2, -0.15) is 0 Å². The lowest BCUT2D eigenvalue weighted by Gasteiger charge is -2.09. The lowest BCUT2D eigenvalue weighted by atomic mass is 10.1. The fourth-order valence-electron chi connectivity index (χ4n) is 1.02. The third-order valence-electron chi connectivity index (χ3n) is 1.77. The van der Waals surface area contributed by atoms with E-state index in [0.717, 1.165) is 0 Å². The first-order valence-electron chi connectivity index (χ1n) is 3.84. The molecular formula is C9H12ClF2NO. The maximum absolute atomic E-state index is 13.1. The summed E-state index contributed by atoms with van der Waals surface area (Å²) < 4.78 is 30.0. The maximum Gasteiger partial charge on any atom is 0.131 e. The summed E-state index contributed by atoms with van der Waals surface area (Å²) in [6.07, 6.45) is 0. The van der Waals surface area contributed by atoms with Crippen molar-refractivity contribution in [1.29, 1.82) is 0 Å². The van der Waals surface area contributed by atoms with Crippen LogP contribution in [0.4, 0.5) is 8.78 Å².